The van der Waals surface area contributed by atoms with Crippen LogP contribution in [0.4, 0.5) is 10.1 Å². The third kappa shape index (κ3) is 5.31. The maximum absolute atomic E-state index is 13.4. The summed E-state index contributed by atoms with van der Waals surface area (Å²) in [6, 6.07) is 11.6. The van der Waals surface area contributed by atoms with Crippen molar-refractivity contribution in [1.82, 2.24) is 14.7 Å². The smallest absolute Gasteiger partial charge is 0.312 e. The SMILES string of the molecule is CCC(C(=O)N1CCN(c2cc(C)ccc2C)CC1)N1CCN(Cc2ccc(F)cc2)C(=O)C1=O. The molecule has 186 valence electrons. The van der Waals surface area contributed by atoms with E-state index in [0.717, 1.165) is 18.7 Å². The average Bonchev–Trinajstić information content (AvgIpc) is 2.86. The Balaban J connectivity index is 1.37. The molecule has 2 aromatic rings. The molecule has 2 aromatic carbocycles. The lowest BCUT2D eigenvalue weighted by Crippen LogP contribution is -2.61. The maximum Gasteiger partial charge on any atom is 0.312 e. The Morgan fingerprint density at radius 1 is 0.914 bits per heavy atom. The van der Waals surface area contributed by atoms with Gasteiger partial charge in [0.25, 0.3) is 0 Å². The number of carbonyl (C=O) groups excluding carboxylic acids is 3. The summed E-state index contributed by atoms with van der Waals surface area (Å²) >= 11 is 0. The molecule has 2 fully saturated rings. The zero-order valence-corrected chi connectivity index (χ0v) is 20.7. The zero-order valence-electron chi connectivity index (χ0n) is 20.7. The number of aryl methyl sites for hydroxylation is 2. The van der Waals surface area contributed by atoms with Gasteiger partial charge >= 0.3 is 11.8 Å². The molecule has 4 rings (SSSR count). The summed E-state index contributed by atoms with van der Waals surface area (Å²) in [6.45, 7) is 9.54. The van der Waals surface area contributed by atoms with Crippen LogP contribution in [-0.4, -0.2) is 77.7 Å². The van der Waals surface area contributed by atoms with Crippen LogP contribution in [0.15, 0.2) is 42.5 Å². The van der Waals surface area contributed by atoms with Gasteiger partial charge in [-0.05, 0) is 55.2 Å². The van der Waals surface area contributed by atoms with Crippen molar-refractivity contribution in [3.8, 4) is 0 Å². The predicted octanol–water partition coefficient (Wildman–Crippen LogP) is 2.74. The Morgan fingerprint density at radius 3 is 2.26 bits per heavy atom. The number of halogens is 1. The monoisotopic (exact) mass is 480 g/mol. The molecule has 0 radical (unpaired) electrons. The Morgan fingerprint density at radius 2 is 1.60 bits per heavy atom. The van der Waals surface area contributed by atoms with Crippen molar-refractivity contribution in [2.75, 3.05) is 44.2 Å². The standard InChI is InChI=1S/C27H33FN4O3/c1-4-23(25(33)30-13-11-29(12-14-30)24-17-19(2)5-6-20(24)3)32-16-15-31(26(34)27(32)35)18-21-7-9-22(28)10-8-21/h5-10,17,23H,4,11-16,18H2,1-3H3. The third-order valence-electron chi connectivity index (χ3n) is 6.97. The van der Waals surface area contributed by atoms with Crippen LogP contribution in [0.1, 0.15) is 30.0 Å². The molecule has 0 aromatic heterocycles. The van der Waals surface area contributed by atoms with E-state index in [-0.39, 0.29) is 18.3 Å². The first-order valence-electron chi connectivity index (χ1n) is 12.2. The minimum Gasteiger partial charge on any atom is -0.368 e. The number of carbonyl (C=O) groups is 3. The van der Waals surface area contributed by atoms with Gasteiger partial charge in [0.2, 0.25) is 5.91 Å². The highest BCUT2D eigenvalue weighted by atomic mass is 19.1. The molecule has 1 unspecified atom stereocenters. The Kier molecular flexibility index (Phi) is 7.38. The van der Waals surface area contributed by atoms with Crippen LogP contribution < -0.4 is 4.90 Å². The number of hydrogen-bond donors (Lipinski definition) is 0. The Labute approximate surface area is 206 Å². The molecule has 2 aliphatic heterocycles. The van der Waals surface area contributed by atoms with Crippen LogP contribution >= 0.6 is 0 Å². The molecular weight excluding hydrogens is 447 g/mol. The van der Waals surface area contributed by atoms with Crippen molar-refractivity contribution < 1.29 is 18.8 Å². The summed E-state index contributed by atoms with van der Waals surface area (Å²) in [6.07, 6.45) is 0.451. The number of rotatable bonds is 6. The molecular formula is C27H33FN4O3. The van der Waals surface area contributed by atoms with E-state index in [1.807, 2.05) is 11.8 Å². The molecule has 0 saturated carbocycles. The van der Waals surface area contributed by atoms with Gasteiger partial charge in [-0.2, -0.15) is 0 Å². The van der Waals surface area contributed by atoms with Crippen molar-refractivity contribution in [2.45, 2.75) is 39.8 Å². The maximum atomic E-state index is 13.4. The Bertz CT molecular complexity index is 1100. The lowest BCUT2D eigenvalue weighted by molar-refractivity contribution is -0.161. The molecule has 2 heterocycles. The summed E-state index contributed by atoms with van der Waals surface area (Å²) in [5.74, 6) is -1.71. The first-order valence-corrected chi connectivity index (χ1v) is 12.2. The van der Waals surface area contributed by atoms with Crippen molar-refractivity contribution in [2.24, 2.45) is 0 Å². The summed E-state index contributed by atoms with van der Waals surface area (Å²) in [5, 5.41) is 0. The number of hydrogen-bond acceptors (Lipinski definition) is 4. The first-order chi connectivity index (χ1) is 16.8. The zero-order chi connectivity index (χ0) is 25.1. The van der Waals surface area contributed by atoms with Crippen LogP contribution in [0.25, 0.3) is 0 Å². The number of anilines is 1. The van der Waals surface area contributed by atoms with E-state index in [1.165, 1.54) is 38.7 Å². The van der Waals surface area contributed by atoms with E-state index in [2.05, 4.69) is 36.9 Å². The summed E-state index contributed by atoms with van der Waals surface area (Å²) < 4.78 is 13.2. The fourth-order valence-electron chi connectivity index (χ4n) is 4.92. The van der Waals surface area contributed by atoms with E-state index in [9.17, 15) is 18.8 Å². The third-order valence-corrected chi connectivity index (χ3v) is 6.97. The first kappa shape index (κ1) is 24.7. The highest BCUT2D eigenvalue weighted by Crippen LogP contribution is 2.24. The van der Waals surface area contributed by atoms with E-state index in [4.69, 9.17) is 0 Å². The van der Waals surface area contributed by atoms with Crippen LogP contribution in [0.2, 0.25) is 0 Å². The molecule has 0 bridgehead atoms. The fourth-order valence-corrected chi connectivity index (χ4v) is 4.92. The topological polar surface area (TPSA) is 64.2 Å². The van der Waals surface area contributed by atoms with Gasteiger partial charge in [-0.1, -0.05) is 31.2 Å². The lowest BCUT2D eigenvalue weighted by Gasteiger charge is -2.42. The van der Waals surface area contributed by atoms with E-state index < -0.39 is 17.9 Å². The van der Waals surface area contributed by atoms with Crippen LogP contribution in [0.5, 0.6) is 0 Å². The van der Waals surface area contributed by atoms with Crippen LogP contribution in [-0.2, 0) is 20.9 Å². The number of piperazine rings is 2. The van der Waals surface area contributed by atoms with Crippen molar-refractivity contribution in [3.05, 3.63) is 65.0 Å². The largest absolute Gasteiger partial charge is 0.368 e. The van der Waals surface area contributed by atoms with E-state index in [1.54, 1.807) is 12.1 Å². The van der Waals surface area contributed by atoms with Gasteiger partial charge < -0.3 is 19.6 Å². The van der Waals surface area contributed by atoms with Gasteiger partial charge in [-0.3, -0.25) is 14.4 Å². The number of benzene rings is 2. The van der Waals surface area contributed by atoms with Gasteiger partial charge in [0.05, 0.1) is 0 Å². The quantitative estimate of drug-likeness (QED) is 0.597. The Hall–Kier alpha value is -3.42. The van der Waals surface area contributed by atoms with E-state index in [0.29, 0.717) is 32.6 Å². The minimum absolute atomic E-state index is 0.0961. The van der Waals surface area contributed by atoms with E-state index >= 15 is 0 Å². The summed E-state index contributed by atoms with van der Waals surface area (Å²) in [5.41, 5.74) is 4.37. The van der Waals surface area contributed by atoms with Gasteiger partial charge in [0.1, 0.15) is 11.9 Å². The highest BCUT2D eigenvalue weighted by molar-refractivity contribution is 6.35. The second-order valence-electron chi connectivity index (χ2n) is 9.38. The van der Waals surface area contributed by atoms with Crippen molar-refractivity contribution >= 4 is 23.4 Å². The lowest BCUT2D eigenvalue weighted by atomic mass is 10.1. The summed E-state index contributed by atoms with van der Waals surface area (Å²) in [4.78, 5) is 46.2. The number of nitrogens with zero attached hydrogens (tertiary/aromatic N) is 4. The molecule has 1 atom stereocenters. The highest BCUT2D eigenvalue weighted by Gasteiger charge is 2.40. The predicted molar refractivity (Wildman–Crippen MR) is 132 cm³/mol. The van der Waals surface area contributed by atoms with Gasteiger partial charge in [0, 0.05) is 51.5 Å². The second kappa shape index (κ2) is 10.5. The molecule has 7 nitrogen and oxygen atoms in total. The molecule has 2 aliphatic rings. The van der Waals surface area contributed by atoms with Crippen molar-refractivity contribution in [1.29, 1.82) is 0 Å². The molecule has 8 heteroatoms. The minimum atomic E-state index is -0.647. The van der Waals surface area contributed by atoms with Gasteiger partial charge in [-0.25, -0.2) is 4.39 Å². The normalized spacial score (nSPS) is 17.7. The molecule has 0 aliphatic carbocycles. The van der Waals surface area contributed by atoms with Crippen LogP contribution in [0.3, 0.4) is 0 Å². The summed E-state index contributed by atoms with van der Waals surface area (Å²) in [7, 11) is 0. The van der Waals surface area contributed by atoms with Gasteiger partial charge in [-0.15, -0.1) is 0 Å². The van der Waals surface area contributed by atoms with Gasteiger partial charge in [0.15, 0.2) is 0 Å². The number of amides is 3. The molecule has 3 amide bonds. The second-order valence-corrected chi connectivity index (χ2v) is 9.38. The molecule has 0 N–H and O–H groups in total. The fraction of sp³-hybridized carbons (Fsp3) is 0.444. The van der Waals surface area contributed by atoms with Crippen molar-refractivity contribution in [3.63, 3.8) is 0 Å². The molecule has 0 spiro atoms. The average molecular weight is 481 g/mol. The molecule has 2 saturated heterocycles. The van der Waals surface area contributed by atoms with Crippen LogP contribution in [0, 0.1) is 19.7 Å². The molecule has 35 heavy (non-hydrogen) atoms.